The van der Waals surface area contributed by atoms with Gasteiger partial charge in [-0.25, -0.2) is 8.42 Å². The summed E-state index contributed by atoms with van der Waals surface area (Å²) in [5, 5.41) is 0. The average Bonchev–Trinajstić information content (AvgIpc) is 2.38. The summed E-state index contributed by atoms with van der Waals surface area (Å²) in [6.07, 6.45) is 5.85. The standard InChI is InChI=1S/C13H28N2O2S/c1-4-10-18(16,17)15(3)13(11-14)8-6-12(5-2)7-9-13/h12H,4-11,14H2,1-3H3. The fourth-order valence-corrected chi connectivity index (χ4v) is 4.60. The molecule has 18 heavy (non-hydrogen) atoms. The van der Waals surface area contributed by atoms with Crippen molar-refractivity contribution in [2.45, 2.75) is 57.9 Å². The van der Waals surface area contributed by atoms with E-state index >= 15 is 0 Å². The summed E-state index contributed by atoms with van der Waals surface area (Å²) in [4.78, 5) is 0. The van der Waals surface area contributed by atoms with Crippen LogP contribution in [0.2, 0.25) is 0 Å². The Morgan fingerprint density at radius 2 is 1.83 bits per heavy atom. The lowest BCUT2D eigenvalue weighted by molar-refractivity contribution is 0.128. The van der Waals surface area contributed by atoms with Crippen molar-refractivity contribution in [3.05, 3.63) is 0 Å². The lowest BCUT2D eigenvalue weighted by atomic mass is 9.75. The van der Waals surface area contributed by atoms with Crippen LogP contribution < -0.4 is 5.73 Å². The van der Waals surface area contributed by atoms with E-state index in [1.54, 1.807) is 11.4 Å². The van der Waals surface area contributed by atoms with E-state index in [1.807, 2.05) is 6.92 Å². The molecule has 0 atom stereocenters. The van der Waals surface area contributed by atoms with Crippen molar-refractivity contribution in [3.63, 3.8) is 0 Å². The van der Waals surface area contributed by atoms with Crippen LogP contribution in [0.3, 0.4) is 0 Å². The van der Waals surface area contributed by atoms with Gasteiger partial charge in [0.15, 0.2) is 0 Å². The highest BCUT2D eigenvalue weighted by atomic mass is 32.2. The second-order valence-corrected chi connectivity index (χ2v) is 7.68. The first-order valence-corrected chi connectivity index (χ1v) is 8.69. The van der Waals surface area contributed by atoms with Crippen molar-refractivity contribution in [2.75, 3.05) is 19.3 Å². The summed E-state index contributed by atoms with van der Waals surface area (Å²) in [6, 6.07) is 0. The SMILES string of the molecule is CCCS(=O)(=O)N(C)C1(CN)CCC(CC)CC1. The summed E-state index contributed by atoms with van der Waals surface area (Å²) in [7, 11) is -1.44. The highest BCUT2D eigenvalue weighted by Gasteiger charge is 2.41. The highest BCUT2D eigenvalue weighted by molar-refractivity contribution is 7.89. The maximum absolute atomic E-state index is 12.2. The Morgan fingerprint density at radius 3 is 2.22 bits per heavy atom. The number of rotatable bonds is 6. The van der Waals surface area contributed by atoms with Gasteiger partial charge in [-0.15, -0.1) is 0 Å². The largest absolute Gasteiger partial charge is 0.329 e. The molecule has 0 aromatic rings. The molecule has 0 bridgehead atoms. The molecule has 0 unspecified atom stereocenters. The molecule has 0 heterocycles. The van der Waals surface area contributed by atoms with Crippen LogP contribution in [0.25, 0.3) is 0 Å². The monoisotopic (exact) mass is 276 g/mol. The maximum Gasteiger partial charge on any atom is 0.214 e. The molecule has 0 spiro atoms. The predicted octanol–water partition coefficient (Wildman–Crippen LogP) is 1.96. The molecular weight excluding hydrogens is 248 g/mol. The molecule has 0 saturated heterocycles. The molecule has 0 radical (unpaired) electrons. The lowest BCUT2D eigenvalue weighted by Crippen LogP contribution is -2.56. The van der Waals surface area contributed by atoms with E-state index in [0.717, 1.165) is 31.6 Å². The summed E-state index contributed by atoms with van der Waals surface area (Å²) in [5.74, 6) is 0.967. The molecule has 108 valence electrons. The highest BCUT2D eigenvalue weighted by Crippen LogP contribution is 2.37. The molecule has 0 aromatic heterocycles. The third-order valence-electron chi connectivity index (χ3n) is 4.54. The Hall–Kier alpha value is -0.130. The third-order valence-corrected chi connectivity index (χ3v) is 6.69. The van der Waals surface area contributed by atoms with E-state index in [9.17, 15) is 8.42 Å². The summed E-state index contributed by atoms with van der Waals surface area (Å²) < 4.78 is 26.0. The van der Waals surface area contributed by atoms with Gasteiger partial charge in [-0.05, 0) is 38.0 Å². The van der Waals surface area contributed by atoms with Crippen LogP contribution in [0.15, 0.2) is 0 Å². The molecule has 1 fully saturated rings. The summed E-state index contributed by atoms with van der Waals surface area (Å²) >= 11 is 0. The van der Waals surface area contributed by atoms with E-state index in [-0.39, 0.29) is 11.3 Å². The Balaban J connectivity index is 2.83. The normalized spacial score (nSPS) is 29.7. The minimum Gasteiger partial charge on any atom is -0.329 e. The first kappa shape index (κ1) is 15.9. The van der Waals surface area contributed by atoms with Crippen LogP contribution in [0.1, 0.15) is 52.4 Å². The predicted molar refractivity (Wildman–Crippen MR) is 75.9 cm³/mol. The quantitative estimate of drug-likeness (QED) is 0.806. The number of sulfonamides is 1. The van der Waals surface area contributed by atoms with Crippen molar-refractivity contribution in [2.24, 2.45) is 11.7 Å². The Kier molecular flexibility index (Phi) is 5.62. The Morgan fingerprint density at radius 1 is 1.28 bits per heavy atom. The zero-order valence-corrected chi connectivity index (χ0v) is 12.8. The van der Waals surface area contributed by atoms with Crippen molar-refractivity contribution >= 4 is 10.0 Å². The van der Waals surface area contributed by atoms with E-state index in [2.05, 4.69) is 6.92 Å². The maximum atomic E-state index is 12.2. The minimum atomic E-state index is -3.15. The fourth-order valence-electron chi connectivity index (χ4n) is 2.96. The van der Waals surface area contributed by atoms with Gasteiger partial charge < -0.3 is 5.73 Å². The van der Waals surface area contributed by atoms with Crippen molar-refractivity contribution < 1.29 is 8.42 Å². The lowest BCUT2D eigenvalue weighted by Gasteiger charge is -2.45. The Labute approximate surface area is 112 Å². The number of hydrogen-bond donors (Lipinski definition) is 1. The van der Waals surface area contributed by atoms with Crippen molar-refractivity contribution in [3.8, 4) is 0 Å². The number of hydrogen-bond acceptors (Lipinski definition) is 3. The van der Waals surface area contributed by atoms with Crippen LogP contribution in [0.4, 0.5) is 0 Å². The van der Waals surface area contributed by atoms with Gasteiger partial charge in [0, 0.05) is 19.1 Å². The second kappa shape index (κ2) is 6.35. The molecule has 1 saturated carbocycles. The Bertz CT molecular complexity index is 346. The minimum absolute atomic E-state index is 0.225. The van der Waals surface area contributed by atoms with E-state index in [0.29, 0.717) is 13.0 Å². The number of nitrogens with zero attached hydrogens (tertiary/aromatic N) is 1. The molecule has 0 amide bonds. The van der Waals surface area contributed by atoms with Gasteiger partial charge in [0.2, 0.25) is 10.0 Å². The zero-order valence-electron chi connectivity index (χ0n) is 12.0. The van der Waals surface area contributed by atoms with E-state index < -0.39 is 10.0 Å². The van der Waals surface area contributed by atoms with Gasteiger partial charge in [-0.1, -0.05) is 20.3 Å². The van der Waals surface area contributed by atoms with Gasteiger partial charge in [0.25, 0.3) is 0 Å². The van der Waals surface area contributed by atoms with Gasteiger partial charge in [-0.3, -0.25) is 0 Å². The van der Waals surface area contributed by atoms with Crippen LogP contribution >= 0.6 is 0 Å². The molecule has 1 aliphatic rings. The van der Waals surface area contributed by atoms with Crippen molar-refractivity contribution in [1.29, 1.82) is 0 Å². The molecule has 1 aliphatic carbocycles. The fraction of sp³-hybridized carbons (Fsp3) is 1.00. The number of likely N-dealkylation sites (N-methyl/N-ethyl adjacent to an activating group) is 1. The van der Waals surface area contributed by atoms with Crippen LogP contribution in [-0.4, -0.2) is 37.6 Å². The third kappa shape index (κ3) is 3.25. The molecule has 0 aliphatic heterocycles. The molecule has 1 rings (SSSR count). The van der Waals surface area contributed by atoms with E-state index in [4.69, 9.17) is 5.73 Å². The van der Waals surface area contributed by atoms with Gasteiger partial charge in [0.1, 0.15) is 0 Å². The van der Waals surface area contributed by atoms with Gasteiger partial charge in [-0.2, -0.15) is 4.31 Å². The average molecular weight is 276 g/mol. The van der Waals surface area contributed by atoms with Crippen LogP contribution in [0, 0.1) is 5.92 Å². The molecular formula is C13H28N2O2S. The zero-order chi connectivity index (χ0) is 13.8. The van der Waals surface area contributed by atoms with Gasteiger partial charge >= 0.3 is 0 Å². The molecule has 5 heteroatoms. The summed E-state index contributed by atoms with van der Waals surface area (Å²) in [6.45, 7) is 4.54. The topological polar surface area (TPSA) is 63.4 Å². The van der Waals surface area contributed by atoms with Crippen molar-refractivity contribution in [1.82, 2.24) is 4.31 Å². The molecule has 2 N–H and O–H groups in total. The van der Waals surface area contributed by atoms with Crippen LogP contribution in [-0.2, 0) is 10.0 Å². The van der Waals surface area contributed by atoms with E-state index in [1.165, 1.54) is 6.42 Å². The molecule has 0 aromatic carbocycles. The summed E-state index contributed by atoms with van der Waals surface area (Å²) in [5.41, 5.74) is 5.58. The van der Waals surface area contributed by atoms with Crippen LogP contribution in [0.5, 0.6) is 0 Å². The number of nitrogens with two attached hydrogens (primary N) is 1. The smallest absolute Gasteiger partial charge is 0.214 e. The second-order valence-electron chi connectivity index (χ2n) is 5.56. The first-order chi connectivity index (χ1) is 8.41. The molecule has 4 nitrogen and oxygen atoms in total. The first-order valence-electron chi connectivity index (χ1n) is 7.08. The van der Waals surface area contributed by atoms with Gasteiger partial charge in [0.05, 0.1) is 5.75 Å².